The molecule has 0 unspecified atom stereocenters. The third kappa shape index (κ3) is 14.6. The van der Waals surface area contributed by atoms with Crippen LogP contribution in [0.1, 0.15) is 172 Å². The van der Waals surface area contributed by atoms with Gasteiger partial charge in [0, 0.05) is 48.6 Å². The molecular formula is C36H71N5OS. The molecule has 0 N–H and O–H groups in total. The van der Waals surface area contributed by atoms with Crippen LogP contribution in [0.5, 0.6) is 0 Å². The van der Waals surface area contributed by atoms with Crippen LogP contribution in [0.4, 0.5) is 0 Å². The Morgan fingerprint density at radius 1 is 0.721 bits per heavy atom. The van der Waals surface area contributed by atoms with Crippen LogP contribution in [0.2, 0.25) is 0 Å². The molecule has 0 amide bonds. The topological polar surface area (TPSA) is 57.8 Å². The molecule has 4 heterocycles. The molecule has 3 aromatic rings. The zero-order chi connectivity index (χ0) is 29.6. The third-order valence-corrected chi connectivity index (χ3v) is 8.51. The molecule has 7 heteroatoms. The highest BCUT2D eigenvalue weighted by molar-refractivity contribution is 7.11. The predicted octanol–water partition coefficient (Wildman–Crippen LogP) is 11.4. The van der Waals surface area contributed by atoms with Gasteiger partial charge in [-0.25, -0.2) is 4.98 Å². The lowest BCUT2D eigenvalue weighted by Crippen LogP contribution is -2.20. The van der Waals surface area contributed by atoms with Crippen molar-refractivity contribution in [3.05, 3.63) is 52.0 Å². The van der Waals surface area contributed by atoms with Gasteiger partial charge in [-0.3, -0.25) is 9.36 Å². The van der Waals surface area contributed by atoms with Crippen molar-refractivity contribution >= 4 is 11.3 Å². The average molecular weight is 622 g/mol. The fourth-order valence-corrected chi connectivity index (χ4v) is 4.76. The maximum Gasteiger partial charge on any atom is 0.0953 e. The van der Waals surface area contributed by atoms with Crippen molar-refractivity contribution in [2.45, 2.75) is 167 Å². The van der Waals surface area contributed by atoms with Crippen LogP contribution in [-0.2, 0) is 21.0 Å². The van der Waals surface area contributed by atoms with Crippen LogP contribution < -0.4 is 0 Å². The first-order valence-electron chi connectivity index (χ1n) is 14.5. The summed E-state index contributed by atoms with van der Waals surface area (Å²) < 4.78 is 9.47. The number of hydrogen-bond donors (Lipinski definition) is 0. The number of aromatic nitrogens is 5. The Morgan fingerprint density at radius 3 is 1.53 bits per heavy atom. The summed E-state index contributed by atoms with van der Waals surface area (Å²) in [5, 5.41) is 10.0. The van der Waals surface area contributed by atoms with Gasteiger partial charge in [0.2, 0.25) is 0 Å². The van der Waals surface area contributed by atoms with E-state index < -0.39 is 0 Å². The fourth-order valence-electron chi connectivity index (χ4n) is 3.78. The SMILES string of the molecule is C.C.C.C.CC(C)(C)c1cnn(C2CCOCC2)c1.CC(C)c1ncc(C(C)(C)C)s1.CC(C)n1cc(C(C)(C)C)cn1. The number of ether oxygens (including phenoxy) is 1. The summed E-state index contributed by atoms with van der Waals surface area (Å²) in [6.45, 7) is 30.3. The van der Waals surface area contributed by atoms with Crippen molar-refractivity contribution in [1.82, 2.24) is 24.5 Å². The summed E-state index contributed by atoms with van der Waals surface area (Å²) in [6, 6.07) is 0.996. The Bertz CT molecular complexity index is 1060. The number of thiazole rings is 1. The maximum atomic E-state index is 5.35. The lowest BCUT2D eigenvalue weighted by Gasteiger charge is -2.22. The van der Waals surface area contributed by atoms with E-state index in [1.165, 1.54) is 21.0 Å². The molecule has 1 saturated heterocycles. The van der Waals surface area contributed by atoms with E-state index in [0.29, 0.717) is 18.0 Å². The van der Waals surface area contributed by atoms with Gasteiger partial charge >= 0.3 is 0 Å². The van der Waals surface area contributed by atoms with Crippen LogP contribution in [0.25, 0.3) is 0 Å². The molecule has 252 valence electrons. The molecule has 0 aliphatic carbocycles. The molecule has 1 aliphatic rings. The Balaban J connectivity index is -0.000000538. The van der Waals surface area contributed by atoms with E-state index in [1.807, 2.05) is 34.6 Å². The first-order valence-corrected chi connectivity index (χ1v) is 15.3. The molecule has 0 aromatic carbocycles. The van der Waals surface area contributed by atoms with E-state index in [9.17, 15) is 0 Å². The molecule has 0 radical (unpaired) electrons. The zero-order valence-corrected chi connectivity index (χ0v) is 27.8. The highest BCUT2D eigenvalue weighted by Gasteiger charge is 2.21. The van der Waals surface area contributed by atoms with Crippen molar-refractivity contribution in [2.24, 2.45) is 0 Å². The van der Waals surface area contributed by atoms with Crippen molar-refractivity contribution in [2.75, 3.05) is 13.2 Å². The van der Waals surface area contributed by atoms with Gasteiger partial charge in [0.05, 0.1) is 23.4 Å². The fraction of sp³-hybridized carbons (Fsp3) is 0.750. The molecular weight excluding hydrogens is 550 g/mol. The number of hydrogen-bond acceptors (Lipinski definition) is 5. The molecule has 0 atom stereocenters. The highest BCUT2D eigenvalue weighted by Crippen LogP contribution is 2.30. The second kappa shape index (κ2) is 18.7. The van der Waals surface area contributed by atoms with Gasteiger partial charge in [0.25, 0.3) is 0 Å². The van der Waals surface area contributed by atoms with Gasteiger partial charge in [-0.05, 0) is 54.1 Å². The molecule has 3 aromatic heterocycles. The standard InChI is InChI=1S/C12H20N2O.C10H18N2.C10H17NS.4CH4/c1-12(2,3)10-8-13-14(9-10)11-4-6-15-7-5-11;1-8(2)12-7-9(6-11-12)10(3,4)5;1-7(2)9-11-6-8(12-9)10(3,4)5;;;;/h8-9,11H,4-7H2,1-3H3;6-8H,1-5H3;6-7H,1-5H3;4*1H4. The molecule has 4 rings (SSSR count). The van der Waals surface area contributed by atoms with E-state index in [4.69, 9.17) is 4.74 Å². The van der Waals surface area contributed by atoms with E-state index in [-0.39, 0.29) is 46.0 Å². The Hall–Kier alpha value is -1.99. The van der Waals surface area contributed by atoms with E-state index >= 15 is 0 Å². The lowest BCUT2D eigenvalue weighted by atomic mass is 9.90. The minimum absolute atomic E-state index is 0. The predicted molar refractivity (Wildman–Crippen MR) is 193 cm³/mol. The van der Waals surface area contributed by atoms with Gasteiger partial charge in [-0.15, -0.1) is 11.3 Å². The van der Waals surface area contributed by atoms with E-state index in [2.05, 4.69) is 122 Å². The monoisotopic (exact) mass is 622 g/mol. The quantitative estimate of drug-likeness (QED) is 0.292. The molecule has 1 aliphatic heterocycles. The summed E-state index contributed by atoms with van der Waals surface area (Å²) in [5.74, 6) is 0.561. The minimum Gasteiger partial charge on any atom is -0.381 e. The van der Waals surface area contributed by atoms with Crippen molar-refractivity contribution < 1.29 is 4.74 Å². The van der Waals surface area contributed by atoms with Gasteiger partial charge in [-0.2, -0.15) is 10.2 Å². The third-order valence-electron chi connectivity index (χ3n) is 6.79. The minimum atomic E-state index is 0. The molecule has 43 heavy (non-hydrogen) atoms. The van der Waals surface area contributed by atoms with Crippen LogP contribution >= 0.6 is 11.3 Å². The molecule has 0 bridgehead atoms. The summed E-state index contributed by atoms with van der Waals surface area (Å²) >= 11 is 1.84. The van der Waals surface area contributed by atoms with E-state index in [0.717, 1.165) is 26.1 Å². The van der Waals surface area contributed by atoms with Gasteiger partial charge in [0.15, 0.2) is 0 Å². The van der Waals surface area contributed by atoms with Gasteiger partial charge in [-0.1, -0.05) is 106 Å². The van der Waals surface area contributed by atoms with Crippen molar-refractivity contribution in [3.8, 4) is 0 Å². The second-order valence-electron chi connectivity index (χ2n) is 14.3. The Labute approximate surface area is 272 Å². The second-order valence-corrected chi connectivity index (χ2v) is 15.4. The average Bonchev–Trinajstić information content (AvgIpc) is 3.60. The smallest absolute Gasteiger partial charge is 0.0953 e. The van der Waals surface area contributed by atoms with Crippen molar-refractivity contribution in [1.29, 1.82) is 0 Å². The number of nitrogens with zero attached hydrogens (tertiary/aromatic N) is 5. The Morgan fingerprint density at radius 2 is 1.21 bits per heavy atom. The van der Waals surface area contributed by atoms with Gasteiger partial charge in [0.1, 0.15) is 0 Å². The maximum absolute atomic E-state index is 5.35. The molecule has 0 saturated carbocycles. The largest absolute Gasteiger partial charge is 0.381 e. The lowest BCUT2D eigenvalue weighted by molar-refractivity contribution is 0.0662. The van der Waals surface area contributed by atoms with Gasteiger partial charge < -0.3 is 4.74 Å². The van der Waals surface area contributed by atoms with Crippen LogP contribution in [0, 0.1) is 0 Å². The normalized spacial score (nSPS) is 13.7. The highest BCUT2D eigenvalue weighted by atomic mass is 32.1. The van der Waals surface area contributed by atoms with Crippen LogP contribution in [0.3, 0.4) is 0 Å². The van der Waals surface area contributed by atoms with Crippen molar-refractivity contribution in [3.63, 3.8) is 0 Å². The summed E-state index contributed by atoms with van der Waals surface area (Å²) in [6.07, 6.45) is 12.5. The zero-order valence-electron chi connectivity index (χ0n) is 27.0. The van der Waals surface area contributed by atoms with Crippen LogP contribution in [0.15, 0.2) is 31.0 Å². The molecule has 1 fully saturated rings. The number of rotatable bonds is 3. The van der Waals surface area contributed by atoms with Crippen LogP contribution in [-0.4, -0.2) is 37.8 Å². The first-order chi connectivity index (χ1) is 17.9. The summed E-state index contributed by atoms with van der Waals surface area (Å²) in [5.41, 5.74) is 3.28. The Kier molecular flexibility index (Phi) is 19.8. The molecule has 0 spiro atoms. The van der Waals surface area contributed by atoms with E-state index in [1.54, 1.807) is 0 Å². The first kappa shape index (κ1) is 45.4. The molecule has 6 nitrogen and oxygen atoms in total. The summed E-state index contributed by atoms with van der Waals surface area (Å²) in [7, 11) is 0. The summed E-state index contributed by atoms with van der Waals surface area (Å²) in [4.78, 5) is 5.78.